The molecule has 1 saturated carbocycles. The van der Waals surface area contributed by atoms with Crippen LogP contribution in [0.15, 0.2) is 42.5 Å². The Balaban J connectivity index is 1.33. The van der Waals surface area contributed by atoms with Gasteiger partial charge in [-0.3, -0.25) is 0 Å². The molecule has 0 spiro atoms. The van der Waals surface area contributed by atoms with E-state index >= 15 is 0 Å². The lowest BCUT2D eigenvalue weighted by atomic mass is 9.78. The SMILES string of the molecule is CCCCCCCc1ccc(C#CC2CCC(c3cc(F)c4c(F)c(F)c(F)cc4c3)CC2)cc1. The van der Waals surface area contributed by atoms with E-state index in [1.807, 2.05) is 0 Å². The van der Waals surface area contributed by atoms with E-state index in [0.29, 0.717) is 5.56 Å². The summed E-state index contributed by atoms with van der Waals surface area (Å²) in [4.78, 5) is 0. The van der Waals surface area contributed by atoms with E-state index in [1.54, 1.807) is 6.07 Å². The first kappa shape index (κ1) is 25.3. The summed E-state index contributed by atoms with van der Waals surface area (Å²) in [6.45, 7) is 2.23. The summed E-state index contributed by atoms with van der Waals surface area (Å²) in [7, 11) is 0. The van der Waals surface area contributed by atoms with E-state index in [-0.39, 0.29) is 17.2 Å². The van der Waals surface area contributed by atoms with Gasteiger partial charge in [-0.05, 0) is 85.2 Å². The number of fused-ring (bicyclic) bond motifs is 1. The number of halogens is 4. The fraction of sp³-hybridized carbons (Fsp3) is 0.419. The van der Waals surface area contributed by atoms with Crippen LogP contribution in [-0.4, -0.2) is 0 Å². The van der Waals surface area contributed by atoms with Crippen molar-refractivity contribution in [1.29, 1.82) is 0 Å². The van der Waals surface area contributed by atoms with E-state index < -0.39 is 28.7 Å². The molecule has 3 aromatic rings. The molecule has 4 heteroatoms. The topological polar surface area (TPSA) is 0 Å². The van der Waals surface area contributed by atoms with E-state index in [0.717, 1.165) is 43.7 Å². The molecule has 0 amide bonds. The Bertz CT molecular complexity index is 1210. The third-order valence-electron chi connectivity index (χ3n) is 7.19. The van der Waals surface area contributed by atoms with Crippen molar-refractivity contribution in [3.05, 3.63) is 82.4 Å². The molecule has 1 aliphatic rings. The van der Waals surface area contributed by atoms with Gasteiger partial charge in [0.1, 0.15) is 5.82 Å². The molecule has 0 radical (unpaired) electrons. The zero-order valence-corrected chi connectivity index (χ0v) is 20.3. The molecular weight excluding hydrogens is 448 g/mol. The minimum Gasteiger partial charge on any atom is -0.206 e. The van der Waals surface area contributed by atoms with Crippen LogP contribution in [-0.2, 0) is 6.42 Å². The Kier molecular flexibility index (Phi) is 8.50. The van der Waals surface area contributed by atoms with Crippen molar-refractivity contribution in [2.75, 3.05) is 0 Å². The molecule has 0 N–H and O–H groups in total. The fourth-order valence-corrected chi connectivity index (χ4v) is 5.09. The van der Waals surface area contributed by atoms with Gasteiger partial charge in [-0.15, -0.1) is 0 Å². The van der Waals surface area contributed by atoms with Crippen LogP contribution in [0.1, 0.15) is 87.3 Å². The molecule has 0 unspecified atom stereocenters. The first-order valence-electron chi connectivity index (χ1n) is 12.8. The maximum atomic E-state index is 14.6. The maximum absolute atomic E-state index is 14.6. The third-order valence-corrected chi connectivity index (χ3v) is 7.19. The predicted octanol–water partition coefficient (Wildman–Crippen LogP) is 9.23. The highest BCUT2D eigenvalue weighted by molar-refractivity contribution is 5.84. The van der Waals surface area contributed by atoms with E-state index in [1.165, 1.54) is 43.7 Å². The van der Waals surface area contributed by atoms with Crippen LogP contribution < -0.4 is 0 Å². The normalized spacial score (nSPS) is 17.9. The van der Waals surface area contributed by atoms with Crippen LogP contribution >= 0.6 is 0 Å². The van der Waals surface area contributed by atoms with Gasteiger partial charge in [0.05, 0.1) is 5.39 Å². The molecule has 0 saturated heterocycles. The number of hydrogen-bond acceptors (Lipinski definition) is 0. The molecular formula is C31H32F4. The van der Waals surface area contributed by atoms with Gasteiger partial charge < -0.3 is 0 Å². The minimum absolute atomic E-state index is 0.0581. The quantitative estimate of drug-likeness (QED) is 0.137. The predicted molar refractivity (Wildman–Crippen MR) is 134 cm³/mol. The molecule has 4 rings (SSSR count). The van der Waals surface area contributed by atoms with Crippen LogP contribution in [0.2, 0.25) is 0 Å². The van der Waals surface area contributed by atoms with Gasteiger partial charge in [0.15, 0.2) is 17.5 Å². The van der Waals surface area contributed by atoms with Crippen LogP contribution in [0.5, 0.6) is 0 Å². The molecule has 3 aromatic carbocycles. The summed E-state index contributed by atoms with van der Waals surface area (Å²) in [6.07, 6.45) is 11.0. The number of benzene rings is 3. The van der Waals surface area contributed by atoms with Crippen LogP contribution in [0.3, 0.4) is 0 Å². The fourth-order valence-electron chi connectivity index (χ4n) is 5.09. The lowest BCUT2D eigenvalue weighted by Crippen LogP contribution is -2.12. The summed E-state index contributed by atoms with van der Waals surface area (Å²) in [5.74, 6) is 1.81. The molecule has 35 heavy (non-hydrogen) atoms. The lowest BCUT2D eigenvalue weighted by molar-refractivity contribution is 0.384. The molecule has 0 bridgehead atoms. The second kappa shape index (κ2) is 11.8. The Morgan fingerprint density at radius 2 is 1.49 bits per heavy atom. The molecule has 0 aliphatic heterocycles. The van der Waals surface area contributed by atoms with Crippen molar-refractivity contribution < 1.29 is 17.6 Å². The average Bonchev–Trinajstić information content (AvgIpc) is 2.86. The summed E-state index contributed by atoms with van der Waals surface area (Å²) in [5.41, 5.74) is 3.09. The van der Waals surface area contributed by atoms with Crippen LogP contribution in [0, 0.1) is 41.0 Å². The highest BCUT2D eigenvalue weighted by Gasteiger charge is 2.24. The van der Waals surface area contributed by atoms with Crippen molar-refractivity contribution in [3.63, 3.8) is 0 Å². The largest absolute Gasteiger partial charge is 0.206 e. The zero-order valence-electron chi connectivity index (χ0n) is 20.3. The van der Waals surface area contributed by atoms with Crippen molar-refractivity contribution in [2.24, 2.45) is 5.92 Å². The smallest absolute Gasteiger partial charge is 0.195 e. The van der Waals surface area contributed by atoms with Gasteiger partial charge in [0, 0.05) is 11.5 Å². The second-order valence-corrected chi connectivity index (χ2v) is 9.77. The van der Waals surface area contributed by atoms with Gasteiger partial charge >= 0.3 is 0 Å². The summed E-state index contributed by atoms with van der Waals surface area (Å²) < 4.78 is 55.7. The minimum atomic E-state index is -1.64. The van der Waals surface area contributed by atoms with Crippen LogP contribution in [0.4, 0.5) is 17.6 Å². The molecule has 1 aliphatic carbocycles. The summed E-state index contributed by atoms with van der Waals surface area (Å²) in [6, 6.07) is 12.3. The first-order valence-corrected chi connectivity index (χ1v) is 12.8. The van der Waals surface area contributed by atoms with E-state index in [2.05, 4.69) is 43.0 Å². The third kappa shape index (κ3) is 6.26. The average molecular weight is 481 g/mol. The molecule has 0 atom stereocenters. The van der Waals surface area contributed by atoms with Crippen molar-refractivity contribution >= 4 is 10.8 Å². The van der Waals surface area contributed by atoms with Gasteiger partial charge in [0.2, 0.25) is 0 Å². The van der Waals surface area contributed by atoms with Gasteiger partial charge in [-0.1, -0.05) is 62.6 Å². The monoisotopic (exact) mass is 480 g/mol. The zero-order chi connectivity index (χ0) is 24.8. The van der Waals surface area contributed by atoms with Crippen molar-refractivity contribution in [3.8, 4) is 11.8 Å². The molecule has 0 heterocycles. The number of rotatable bonds is 7. The number of hydrogen-bond donors (Lipinski definition) is 0. The summed E-state index contributed by atoms with van der Waals surface area (Å²) >= 11 is 0. The van der Waals surface area contributed by atoms with Gasteiger partial charge in [0.25, 0.3) is 0 Å². The van der Waals surface area contributed by atoms with Crippen molar-refractivity contribution in [1.82, 2.24) is 0 Å². The molecule has 184 valence electrons. The lowest BCUT2D eigenvalue weighted by Gasteiger charge is -2.26. The molecule has 0 aromatic heterocycles. The molecule has 0 nitrogen and oxygen atoms in total. The number of aryl methyl sites for hydroxylation is 1. The summed E-state index contributed by atoms with van der Waals surface area (Å²) in [5, 5.41) is -0.433. The Labute approximate surface area is 205 Å². The van der Waals surface area contributed by atoms with Crippen molar-refractivity contribution in [2.45, 2.75) is 77.0 Å². The maximum Gasteiger partial charge on any atom is 0.195 e. The van der Waals surface area contributed by atoms with Gasteiger partial charge in [-0.25, -0.2) is 17.6 Å². The first-order chi connectivity index (χ1) is 17.0. The second-order valence-electron chi connectivity index (χ2n) is 9.77. The Morgan fingerprint density at radius 3 is 2.20 bits per heavy atom. The highest BCUT2D eigenvalue weighted by Crippen LogP contribution is 2.38. The van der Waals surface area contributed by atoms with E-state index in [9.17, 15) is 17.6 Å². The Hall–Kier alpha value is -2.80. The van der Waals surface area contributed by atoms with E-state index in [4.69, 9.17) is 0 Å². The molecule has 1 fully saturated rings. The highest BCUT2D eigenvalue weighted by atomic mass is 19.2. The number of unbranched alkanes of at least 4 members (excludes halogenated alkanes) is 4. The van der Waals surface area contributed by atoms with Crippen LogP contribution in [0.25, 0.3) is 10.8 Å². The standard InChI is InChI=1S/C31H32F4/c1-2-3-4-5-6-7-21-8-10-22(11-9-21)12-13-23-14-16-24(17-15-23)25-18-26-20-28(33)30(34)31(35)29(26)27(32)19-25/h8-11,18-20,23-24H,2-7,14-17H2,1H3. The van der Waals surface area contributed by atoms with Gasteiger partial charge in [-0.2, -0.15) is 0 Å². The Morgan fingerprint density at radius 1 is 0.771 bits per heavy atom.